The molecule has 132 valence electrons. The molecule has 3 aromatic rings. The number of anilines is 2. The first kappa shape index (κ1) is 17.7. The summed E-state index contributed by atoms with van der Waals surface area (Å²) in [6, 6.07) is 22.1. The van der Waals surface area contributed by atoms with E-state index < -0.39 is 0 Å². The molecule has 5 nitrogen and oxygen atoms in total. The van der Waals surface area contributed by atoms with Crippen molar-refractivity contribution in [3.63, 3.8) is 0 Å². The van der Waals surface area contributed by atoms with Crippen molar-refractivity contribution in [3.05, 3.63) is 78.6 Å². The molecule has 0 fully saturated rings. The molecule has 3 rings (SSSR count). The molecule has 2 N–H and O–H groups in total. The van der Waals surface area contributed by atoms with Gasteiger partial charge in [-0.15, -0.1) is 0 Å². The van der Waals surface area contributed by atoms with Gasteiger partial charge in [0.05, 0.1) is 11.9 Å². The highest BCUT2D eigenvalue weighted by Gasteiger charge is 2.02. The van der Waals surface area contributed by atoms with Crippen LogP contribution in [0.15, 0.2) is 78.0 Å². The lowest BCUT2D eigenvalue weighted by molar-refractivity contribution is 1.03. The third-order valence-electron chi connectivity index (χ3n) is 3.82. The maximum atomic E-state index is 5.25. The first-order chi connectivity index (χ1) is 12.6. The molecule has 0 spiro atoms. The van der Waals surface area contributed by atoms with Crippen molar-refractivity contribution < 1.29 is 0 Å². The molecule has 1 heterocycles. The van der Waals surface area contributed by atoms with Crippen LogP contribution in [0.1, 0.15) is 5.69 Å². The summed E-state index contributed by atoms with van der Waals surface area (Å²) in [5, 5.41) is 7.76. The van der Waals surface area contributed by atoms with E-state index in [-0.39, 0.29) is 0 Å². The summed E-state index contributed by atoms with van der Waals surface area (Å²) in [4.78, 5) is 2.08. The fourth-order valence-corrected chi connectivity index (χ4v) is 2.65. The van der Waals surface area contributed by atoms with Gasteiger partial charge in [0.15, 0.2) is 5.11 Å². The third-order valence-corrected chi connectivity index (χ3v) is 4.01. The Balaban J connectivity index is 1.65. The lowest BCUT2D eigenvalue weighted by atomic mass is 10.2. The molecule has 0 aliphatic rings. The zero-order valence-corrected chi connectivity index (χ0v) is 15.6. The molecule has 0 amide bonds. The molecule has 0 atom stereocenters. The van der Waals surface area contributed by atoms with Crippen LogP contribution in [-0.4, -0.2) is 30.0 Å². The number of hydrogen-bond donors (Lipinski definition) is 2. The summed E-state index contributed by atoms with van der Waals surface area (Å²) in [5.41, 5.74) is 6.96. The molecule has 0 saturated carbocycles. The second-order valence-electron chi connectivity index (χ2n) is 5.90. The van der Waals surface area contributed by atoms with E-state index in [2.05, 4.69) is 49.6 Å². The Morgan fingerprint density at radius 3 is 2.42 bits per heavy atom. The quantitative estimate of drug-likeness (QED) is 0.410. The van der Waals surface area contributed by atoms with E-state index in [1.807, 2.05) is 62.8 Å². The molecular formula is C20H21N5S. The molecule has 26 heavy (non-hydrogen) atoms. The second kappa shape index (κ2) is 8.31. The number of nitrogens with one attached hydrogen (secondary N) is 2. The fraction of sp³-hybridized carbons (Fsp3) is 0.100. The Bertz CT molecular complexity index is 882. The zero-order chi connectivity index (χ0) is 18.4. The van der Waals surface area contributed by atoms with Crippen molar-refractivity contribution in [2.75, 3.05) is 24.3 Å². The smallest absolute Gasteiger partial charge is 0.191 e. The van der Waals surface area contributed by atoms with Gasteiger partial charge < -0.3 is 14.8 Å². The monoisotopic (exact) mass is 363 g/mol. The summed E-state index contributed by atoms with van der Waals surface area (Å²) in [6.07, 6.45) is 3.76. The van der Waals surface area contributed by atoms with Crippen molar-refractivity contribution in [3.8, 4) is 5.69 Å². The topological polar surface area (TPSA) is 44.6 Å². The largest absolute Gasteiger partial charge is 0.378 e. The average Bonchev–Trinajstić information content (AvgIpc) is 3.11. The van der Waals surface area contributed by atoms with Gasteiger partial charge in [0.25, 0.3) is 0 Å². The van der Waals surface area contributed by atoms with Crippen LogP contribution in [0.3, 0.4) is 0 Å². The Hall–Kier alpha value is -3.12. The van der Waals surface area contributed by atoms with Crippen LogP contribution >= 0.6 is 12.2 Å². The molecule has 0 aliphatic heterocycles. The molecule has 1 aromatic heterocycles. The van der Waals surface area contributed by atoms with Crippen LogP contribution in [0.5, 0.6) is 0 Å². The van der Waals surface area contributed by atoms with Gasteiger partial charge in [-0.3, -0.25) is 5.43 Å². The number of hydrogen-bond acceptors (Lipinski definition) is 3. The van der Waals surface area contributed by atoms with Crippen molar-refractivity contribution in [1.82, 2.24) is 9.99 Å². The minimum Gasteiger partial charge on any atom is -0.378 e. The van der Waals surface area contributed by atoms with Crippen LogP contribution in [-0.2, 0) is 0 Å². The summed E-state index contributed by atoms with van der Waals surface area (Å²) in [6.45, 7) is 0. The van der Waals surface area contributed by atoms with Crippen molar-refractivity contribution in [2.24, 2.45) is 5.10 Å². The standard InChI is InChI=1S/C20H21N5S/c1-24(2)17-10-12-18(13-11-17)25-14-6-9-19(25)15-21-23-20(26)22-16-7-4-3-5-8-16/h3-15H,1-2H3,(H2,22,23,26)/b21-15+. The number of benzene rings is 2. The lowest BCUT2D eigenvalue weighted by Gasteiger charge is -2.13. The van der Waals surface area contributed by atoms with Crippen LogP contribution in [0.25, 0.3) is 5.69 Å². The van der Waals surface area contributed by atoms with Gasteiger partial charge in [0.1, 0.15) is 0 Å². The maximum absolute atomic E-state index is 5.25. The lowest BCUT2D eigenvalue weighted by Crippen LogP contribution is -2.23. The summed E-state index contributed by atoms with van der Waals surface area (Å²) in [5.74, 6) is 0. The van der Waals surface area contributed by atoms with Gasteiger partial charge in [-0.25, -0.2) is 0 Å². The van der Waals surface area contributed by atoms with Crippen LogP contribution in [0.2, 0.25) is 0 Å². The van der Waals surface area contributed by atoms with Gasteiger partial charge >= 0.3 is 0 Å². The highest BCUT2D eigenvalue weighted by Crippen LogP contribution is 2.17. The number of nitrogens with zero attached hydrogens (tertiary/aromatic N) is 3. The van der Waals surface area contributed by atoms with Gasteiger partial charge in [-0.2, -0.15) is 5.10 Å². The highest BCUT2D eigenvalue weighted by atomic mass is 32.1. The minimum atomic E-state index is 0.445. The Morgan fingerprint density at radius 1 is 1.00 bits per heavy atom. The zero-order valence-electron chi connectivity index (χ0n) is 14.8. The van der Waals surface area contributed by atoms with Gasteiger partial charge in [0.2, 0.25) is 0 Å². The third kappa shape index (κ3) is 4.49. The molecule has 0 saturated heterocycles. The highest BCUT2D eigenvalue weighted by molar-refractivity contribution is 7.80. The summed E-state index contributed by atoms with van der Waals surface area (Å²) in [7, 11) is 4.06. The van der Waals surface area contributed by atoms with Crippen molar-refractivity contribution in [1.29, 1.82) is 0 Å². The van der Waals surface area contributed by atoms with E-state index in [0.717, 1.165) is 22.8 Å². The molecule has 2 aromatic carbocycles. The number of rotatable bonds is 5. The molecule has 0 radical (unpaired) electrons. The van der Waals surface area contributed by atoms with Crippen LogP contribution < -0.4 is 15.6 Å². The average molecular weight is 363 g/mol. The normalized spacial score (nSPS) is 10.7. The number of hydrazone groups is 1. The van der Waals surface area contributed by atoms with E-state index in [4.69, 9.17) is 12.2 Å². The van der Waals surface area contributed by atoms with Crippen molar-refractivity contribution in [2.45, 2.75) is 0 Å². The van der Waals surface area contributed by atoms with Gasteiger partial charge in [-0.1, -0.05) is 18.2 Å². The fourth-order valence-electron chi connectivity index (χ4n) is 2.48. The Morgan fingerprint density at radius 2 is 1.73 bits per heavy atom. The molecule has 0 unspecified atom stereocenters. The molecule has 0 bridgehead atoms. The van der Waals surface area contributed by atoms with E-state index >= 15 is 0 Å². The van der Waals surface area contributed by atoms with Crippen molar-refractivity contribution >= 4 is 34.9 Å². The van der Waals surface area contributed by atoms with Crippen LogP contribution in [0, 0.1) is 0 Å². The Kier molecular flexibility index (Phi) is 5.66. The predicted octanol–water partition coefficient (Wildman–Crippen LogP) is 3.86. The molecule has 0 aliphatic carbocycles. The number of thiocarbonyl (C=S) groups is 1. The van der Waals surface area contributed by atoms with E-state index in [1.165, 1.54) is 0 Å². The Labute approximate surface area is 159 Å². The second-order valence-corrected chi connectivity index (χ2v) is 6.31. The first-order valence-electron chi connectivity index (χ1n) is 8.24. The molecular weight excluding hydrogens is 342 g/mol. The minimum absolute atomic E-state index is 0.445. The summed E-state index contributed by atoms with van der Waals surface area (Å²) >= 11 is 5.25. The van der Waals surface area contributed by atoms with E-state index in [9.17, 15) is 0 Å². The predicted molar refractivity (Wildman–Crippen MR) is 113 cm³/mol. The summed E-state index contributed by atoms with van der Waals surface area (Å²) < 4.78 is 2.07. The van der Waals surface area contributed by atoms with E-state index in [1.54, 1.807) is 6.21 Å². The van der Waals surface area contributed by atoms with Gasteiger partial charge in [0, 0.05) is 37.4 Å². The van der Waals surface area contributed by atoms with Gasteiger partial charge in [-0.05, 0) is 60.7 Å². The number of para-hydroxylation sites is 1. The molecule has 6 heteroatoms. The number of aromatic nitrogens is 1. The maximum Gasteiger partial charge on any atom is 0.191 e. The van der Waals surface area contributed by atoms with Crippen LogP contribution in [0.4, 0.5) is 11.4 Å². The SMILES string of the molecule is CN(C)c1ccc(-n2cccc2/C=N/NC(=S)Nc2ccccc2)cc1. The first-order valence-corrected chi connectivity index (χ1v) is 8.64. The van der Waals surface area contributed by atoms with E-state index in [0.29, 0.717) is 5.11 Å².